The number of piperidine rings is 1. The maximum atomic E-state index is 10.2. The summed E-state index contributed by atoms with van der Waals surface area (Å²) >= 11 is 0. The Balaban J connectivity index is 2.70. The van der Waals surface area contributed by atoms with E-state index in [1.165, 1.54) is 0 Å². The number of hydrogen-bond donors (Lipinski definition) is 1. The molecule has 15 heavy (non-hydrogen) atoms. The van der Waals surface area contributed by atoms with Crippen molar-refractivity contribution < 1.29 is 5.11 Å². The minimum Gasteiger partial charge on any atom is -0.377 e. The van der Waals surface area contributed by atoms with E-state index in [-0.39, 0.29) is 5.92 Å². The molecule has 0 spiro atoms. The summed E-state index contributed by atoms with van der Waals surface area (Å²) in [5.74, 6) is 8.59. The van der Waals surface area contributed by atoms with Crippen molar-refractivity contribution in [2.24, 2.45) is 5.92 Å². The van der Waals surface area contributed by atoms with Crippen molar-refractivity contribution in [3.8, 4) is 24.2 Å². The molecule has 3 unspecified atom stereocenters. The van der Waals surface area contributed by atoms with Crippen LogP contribution in [0.1, 0.15) is 27.2 Å². The van der Waals surface area contributed by atoms with Gasteiger partial charge in [0.05, 0.1) is 6.54 Å². The van der Waals surface area contributed by atoms with Gasteiger partial charge < -0.3 is 5.11 Å². The van der Waals surface area contributed by atoms with Gasteiger partial charge in [-0.15, -0.1) is 12.3 Å². The third-order valence-corrected chi connectivity index (χ3v) is 3.26. The minimum atomic E-state index is -0.935. The van der Waals surface area contributed by atoms with E-state index in [2.05, 4.69) is 29.6 Å². The molecule has 0 aromatic rings. The van der Waals surface area contributed by atoms with Crippen LogP contribution in [-0.2, 0) is 0 Å². The molecular weight excluding hydrogens is 186 g/mol. The molecular formula is C13H19NO. The molecule has 1 heterocycles. The van der Waals surface area contributed by atoms with Gasteiger partial charge in [-0.2, -0.15) is 0 Å². The third kappa shape index (κ3) is 2.53. The number of terminal acetylenes is 1. The zero-order chi connectivity index (χ0) is 11.5. The summed E-state index contributed by atoms with van der Waals surface area (Å²) < 4.78 is 0. The lowest BCUT2D eigenvalue weighted by Crippen LogP contribution is -2.54. The second-order valence-corrected chi connectivity index (χ2v) is 4.38. The van der Waals surface area contributed by atoms with Crippen LogP contribution in [0.15, 0.2) is 0 Å². The molecule has 1 aliphatic heterocycles. The lowest BCUT2D eigenvalue weighted by Gasteiger charge is -2.43. The first-order valence-electron chi connectivity index (χ1n) is 5.37. The highest BCUT2D eigenvalue weighted by molar-refractivity contribution is 5.14. The number of likely N-dealkylation sites (tertiary alicyclic amines) is 1. The number of aliphatic hydroxyl groups is 1. The van der Waals surface area contributed by atoms with Crippen LogP contribution in [0, 0.1) is 30.1 Å². The van der Waals surface area contributed by atoms with Crippen LogP contribution in [0.3, 0.4) is 0 Å². The Bertz CT molecular complexity index is 320. The van der Waals surface area contributed by atoms with Gasteiger partial charge in [0.2, 0.25) is 0 Å². The monoisotopic (exact) mass is 205 g/mol. The maximum absolute atomic E-state index is 10.2. The molecule has 1 fully saturated rings. The zero-order valence-electron chi connectivity index (χ0n) is 9.75. The zero-order valence-corrected chi connectivity index (χ0v) is 9.75. The number of nitrogens with zero attached hydrogens (tertiary/aromatic N) is 1. The Hall–Kier alpha value is -0.960. The molecule has 0 bridgehead atoms. The predicted octanol–water partition coefficient (Wildman–Crippen LogP) is 1.10. The standard InChI is InChI=1S/C13H19NO/c1-5-7-8-14-10-11(3)13(15,6-2)9-12(14)4/h2,11-12,15H,8-10H2,1,3-4H3. The third-order valence-electron chi connectivity index (χ3n) is 3.26. The van der Waals surface area contributed by atoms with Gasteiger partial charge in [0.25, 0.3) is 0 Å². The normalized spacial score (nSPS) is 36.5. The van der Waals surface area contributed by atoms with Crippen molar-refractivity contribution in [2.45, 2.75) is 38.8 Å². The molecule has 0 aliphatic carbocycles. The average molecular weight is 205 g/mol. The van der Waals surface area contributed by atoms with Crippen molar-refractivity contribution in [2.75, 3.05) is 13.1 Å². The topological polar surface area (TPSA) is 23.5 Å². The van der Waals surface area contributed by atoms with E-state index in [0.717, 1.165) is 13.1 Å². The molecule has 0 saturated carbocycles. The minimum absolute atomic E-state index is 0.109. The highest BCUT2D eigenvalue weighted by Gasteiger charge is 2.40. The Kier molecular flexibility index (Phi) is 3.80. The van der Waals surface area contributed by atoms with Gasteiger partial charge in [0.15, 0.2) is 0 Å². The van der Waals surface area contributed by atoms with Crippen molar-refractivity contribution >= 4 is 0 Å². The fourth-order valence-corrected chi connectivity index (χ4v) is 2.07. The molecule has 0 radical (unpaired) electrons. The second kappa shape index (κ2) is 4.71. The first-order chi connectivity index (χ1) is 7.03. The molecule has 3 atom stereocenters. The molecule has 1 aliphatic rings. The SMILES string of the molecule is C#CC1(O)CC(C)N(CC#CC)CC1C. The van der Waals surface area contributed by atoms with Gasteiger partial charge in [-0.3, -0.25) is 4.90 Å². The van der Waals surface area contributed by atoms with Gasteiger partial charge >= 0.3 is 0 Å². The van der Waals surface area contributed by atoms with Crippen molar-refractivity contribution in [3.05, 3.63) is 0 Å². The quantitative estimate of drug-likeness (QED) is 0.648. The van der Waals surface area contributed by atoms with Crippen molar-refractivity contribution in [1.82, 2.24) is 4.90 Å². The summed E-state index contributed by atoms with van der Waals surface area (Å²) in [5, 5.41) is 10.2. The summed E-state index contributed by atoms with van der Waals surface area (Å²) in [7, 11) is 0. The van der Waals surface area contributed by atoms with E-state index in [4.69, 9.17) is 6.42 Å². The van der Waals surface area contributed by atoms with Crippen LogP contribution in [0.5, 0.6) is 0 Å². The summed E-state index contributed by atoms with van der Waals surface area (Å²) in [4.78, 5) is 2.27. The van der Waals surface area contributed by atoms with E-state index in [1.807, 2.05) is 13.8 Å². The van der Waals surface area contributed by atoms with Crippen LogP contribution < -0.4 is 0 Å². The number of hydrogen-bond acceptors (Lipinski definition) is 2. The predicted molar refractivity (Wildman–Crippen MR) is 62.0 cm³/mol. The van der Waals surface area contributed by atoms with Gasteiger partial charge in [-0.25, -0.2) is 0 Å². The van der Waals surface area contributed by atoms with Crippen molar-refractivity contribution in [1.29, 1.82) is 0 Å². The van der Waals surface area contributed by atoms with Crippen LogP contribution in [0.4, 0.5) is 0 Å². The Morgan fingerprint density at radius 1 is 1.53 bits per heavy atom. The van der Waals surface area contributed by atoms with E-state index >= 15 is 0 Å². The van der Waals surface area contributed by atoms with Gasteiger partial charge in [-0.1, -0.05) is 18.8 Å². The Morgan fingerprint density at radius 3 is 2.73 bits per heavy atom. The lowest BCUT2D eigenvalue weighted by atomic mass is 9.79. The molecule has 2 nitrogen and oxygen atoms in total. The smallest absolute Gasteiger partial charge is 0.130 e. The fraction of sp³-hybridized carbons (Fsp3) is 0.692. The molecule has 1 N–H and O–H groups in total. The second-order valence-electron chi connectivity index (χ2n) is 4.38. The Labute approximate surface area is 92.7 Å². The Morgan fingerprint density at radius 2 is 2.20 bits per heavy atom. The lowest BCUT2D eigenvalue weighted by molar-refractivity contribution is -0.0387. The van der Waals surface area contributed by atoms with E-state index in [9.17, 15) is 5.11 Å². The van der Waals surface area contributed by atoms with Crippen LogP contribution in [0.25, 0.3) is 0 Å². The molecule has 0 amide bonds. The van der Waals surface area contributed by atoms with Crippen molar-refractivity contribution in [3.63, 3.8) is 0 Å². The molecule has 0 aromatic carbocycles. The number of rotatable bonds is 1. The summed E-state index contributed by atoms with van der Waals surface area (Å²) in [6.45, 7) is 7.51. The van der Waals surface area contributed by atoms with E-state index in [0.29, 0.717) is 12.5 Å². The van der Waals surface area contributed by atoms with Gasteiger partial charge in [0.1, 0.15) is 5.60 Å². The molecule has 2 heteroatoms. The van der Waals surface area contributed by atoms with E-state index in [1.54, 1.807) is 0 Å². The highest BCUT2D eigenvalue weighted by atomic mass is 16.3. The first-order valence-corrected chi connectivity index (χ1v) is 5.37. The summed E-state index contributed by atoms with van der Waals surface area (Å²) in [6.07, 6.45) is 6.02. The summed E-state index contributed by atoms with van der Waals surface area (Å²) in [5.41, 5.74) is -0.935. The van der Waals surface area contributed by atoms with E-state index < -0.39 is 5.60 Å². The van der Waals surface area contributed by atoms with Crippen LogP contribution >= 0.6 is 0 Å². The van der Waals surface area contributed by atoms with Crippen LogP contribution in [-0.4, -0.2) is 34.7 Å². The highest BCUT2D eigenvalue weighted by Crippen LogP contribution is 2.30. The van der Waals surface area contributed by atoms with Crippen LogP contribution in [0.2, 0.25) is 0 Å². The molecule has 1 rings (SSSR count). The molecule has 1 saturated heterocycles. The maximum Gasteiger partial charge on any atom is 0.130 e. The largest absolute Gasteiger partial charge is 0.377 e. The fourth-order valence-electron chi connectivity index (χ4n) is 2.07. The summed E-state index contributed by atoms with van der Waals surface area (Å²) in [6, 6.07) is 0.295. The van der Waals surface area contributed by atoms with Gasteiger partial charge in [-0.05, 0) is 13.8 Å². The average Bonchev–Trinajstić information content (AvgIpc) is 2.21. The molecule has 82 valence electrons. The molecule has 0 aromatic heterocycles. The van der Waals surface area contributed by atoms with Gasteiger partial charge in [0, 0.05) is 24.9 Å². The first kappa shape index (κ1) is 12.1.